The zero-order valence-corrected chi connectivity index (χ0v) is 8.67. The van der Waals surface area contributed by atoms with Gasteiger partial charge in [0.1, 0.15) is 0 Å². The Labute approximate surface area is 80.1 Å². The van der Waals surface area contributed by atoms with Crippen molar-refractivity contribution >= 4 is 15.9 Å². The lowest BCUT2D eigenvalue weighted by Crippen LogP contribution is -2.01. The van der Waals surface area contributed by atoms with E-state index in [0.717, 1.165) is 10.2 Å². The molecule has 0 saturated carbocycles. The monoisotopic (exact) mass is 227 g/mol. The molecule has 0 aliphatic carbocycles. The predicted octanol–water partition coefficient (Wildman–Crippen LogP) is 2.29. The van der Waals surface area contributed by atoms with Gasteiger partial charge in [-0.25, -0.2) is 0 Å². The molecule has 0 aromatic carbocycles. The fourth-order valence-electron chi connectivity index (χ4n) is 0.866. The minimum atomic E-state index is 0.341. The lowest BCUT2D eigenvalue weighted by Gasteiger charge is -2.02. The van der Waals surface area contributed by atoms with Crippen LogP contribution in [0.2, 0.25) is 0 Å². The van der Waals surface area contributed by atoms with Crippen LogP contribution in [0.4, 0.5) is 0 Å². The van der Waals surface area contributed by atoms with Crippen LogP contribution in [0.15, 0.2) is 10.7 Å². The van der Waals surface area contributed by atoms with Gasteiger partial charge in [-0.05, 0) is 29.8 Å². The van der Waals surface area contributed by atoms with Crippen LogP contribution in [0.25, 0.3) is 0 Å². The molecule has 0 unspecified atom stereocenters. The van der Waals surface area contributed by atoms with Crippen molar-refractivity contribution in [3.8, 4) is 6.07 Å². The first-order valence-corrected chi connectivity index (χ1v) is 4.55. The van der Waals surface area contributed by atoms with E-state index >= 15 is 0 Å². The molecule has 64 valence electrons. The van der Waals surface area contributed by atoms with Gasteiger partial charge < -0.3 is 0 Å². The summed E-state index contributed by atoms with van der Waals surface area (Å²) in [7, 11) is 0. The fourth-order valence-corrected chi connectivity index (χ4v) is 1.30. The normalized spacial score (nSPS) is 10.2. The summed E-state index contributed by atoms with van der Waals surface area (Å²) < 4.78 is 2.76. The molecule has 4 heteroatoms. The van der Waals surface area contributed by atoms with Crippen molar-refractivity contribution in [1.29, 1.82) is 5.26 Å². The van der Waals surface area contributed by atoms with Gasteiger partial charge >= 0.3 is 0 Å². The van der Waals surface area contributed by atoms with E-state index in [0.29, 0.717) is 12.5 Å². The highest BCUT2D eigenvalue weighted by molar-refractivity contribution is 9.10. The molecule has 0 fully saturated rings. The maximum atomic E-state index is 8.47. The third-order valence-corrected chi connectivity index (χ3v) is 2.20. The zero-order chi connectivity index (χ0) is 9.14. The molecule has 0 bridgehead atoms. The number of halogens is 1. The average molecular weight is 228 g/mol. The summed E-state index contributed by atoms with van der Waals surface area (Å²) in [6.45, 7) is 4.10. The van der Waals surface area contributed by atoms with E-state index in [1.54, 1.807) is 0 Å². The molecule has 1 aromatic heterocycles. The highest BCUT2D eigenvalue weighted by Crippen LogP contribution is 2.17. The van der Waals surface area contributed by atoms with Crippen LogP contribution in [0.3, 0.4) is 0 Å². The molecule has 1 heterocycles. The Bertz CT molecular complexity index is 309. The highest BCUT2D eigenvalue weighted by Gasteiger charge is 2.07. The summed E-state index contributed by atoms with van der Waals surface area (Å²) in [4.78, 5) is 0. The second-order valence-electron chi connectivity index (χ2n) is 2.83. The van der Waals surface area contributed by atoms with Crippen molar-refractivity contribution in [2.75, 3.05) is 0 Å². The molecule has 0 atom stereocenters. The average Bonchev–Trinajstić information content (AvgIpc) is 2.34. The molecule has 3 nitrogen and oxygen atoms in total. The Morgan fingerprint density at radius 2 is 2.42 bits per heavy atom. The highest BCUT2D eigenvalue weighted by atomic mass is 79.9. The molecule has 1 aromatic rings. The van der Waals surface area contributed by atoms with Crippen molar-refractivity contribution in [1.82, 2.24) is 9.78 Å². The van der Waals surface area contributed by atoms with Crippen molar-refractivity contribution < 1.29 is 0 Å². The first-order valence-electron chi connectivity index (χ1n) is 3.75. The van der Waals surface area contributed by atoms with E-state index in [9.17, 15) is 0 Å². The van der Waals surface area contributed by atoms with Gasteiger partial charge in [-0.2, -0.15) is 10.4 Å². The maximum absolute atomic E-state index is 8.47. The lowest BCUT2D eigenvalue weighted by molar-refractivity contribution is 0.528. The number of nitrogens with zero attached hydrogens (tertiary/aromatic N) is 3. The molecule has 1 rings (SSSR count). The summed E-state index contributed by atoms with van der Waals surface area (Å²) >= 11 is 3.35. The SMILES string of the molecule is CC(C)n1cc(Br)c(CC#N)n1. The van der Waals surface area contributed by atoms with Crippen molar-refractivity contribution in [3.63, 3.8) is 0 Å². The van der Waals surface area contributed by atoms with Crippen LogP contribution in [0.1, 0.15) is 25.6 Å². The molecule has 0 amide bonds. The minimum absolute atomic E-state index is 0.341. The van der Waals surface area contributed by atoms with Crippen LogP contribution in [-0.2, 0) is 6.42 Å². The molecule has 0 saturated heterocycles. The van der Waals surface area contributed by atoms with E-state index < -0.39 is 0 Å². The van der Waals surface area contributed by atoms with Gasteiger partial charge in [0.2, 0.25) is 0 Å². The van der Waals surface area contributed by atoms with Crippen molar-refractivity contribution in [3.05, 3.63) is 16.4 Å². The van der Waals surface area contributed by atoms with Crippen LogP contribution < -0.4 is 0 Å². The van der Waals surface area contributed by atoms with Crippen LogP contribution in [0.5, 0.6) is 0 Å². The van der Waals surface area contributed by atoms with Crippen LogP contribution in [-0.4, -0.2) is 9.78 Å². The molecular weight excluding hydrogens is 218 g/mol. The van der Waals surface area contributed by atoms with E-state index in [1.807, 2.05) is 10.9 Å². The summed E-state index contributed by atoms with van der Waals surface area (Å²) in [6.07, 6.45) is 2.26. The predicted molar refractivity (Wildman–Crippen MR) is 49.6 cm³/mol. The summed E-state index contributed by atoms with van der Waals surface area (Å²) in [5, 5.41) is 12.7. The number of rotatable bonds is 2. The van der Waals surface area contributed by atoms with Crippen molar-refractivity contribution in [2.45, 2.75) is 26.3 Å². The summed E-state index contributed by atoms with van der Waals surface area (Å²) in [5.41, 5.74) is 0.811. The number of hydrogen-bond donors (Lipinski definition) is 0. The third-order valence-electron chi connectivity index (χ3n) is 1.53. The van der Waals surface area contributed by atoms with E-state index in [1.165, 1.54) is 0 Å². The van der Waals surface area contributed by atoms with E-state index in [4.69, 9.17) is 5.26 Å². The Hall–Kier alpha value is -0.820. The molecule has 0 N–H and O–H groups in total. The maximum Gasteiger partial charge on any atom is 0.0907 e. The Kier molecular flexibility index (Phi) is 2.88. The second kappa shape index (κ2) is 3.72. The van der Waals surface area contributed by atoms with Gasteiger partial charge in [0.15, 0.2) is 0 Å². The number of aromatic nitrogens is 2. The first-order chi connectivity index (χ1) is 5.65. The van der Waals surface area contributed by atoms with Crippen molar-refractivity contribution in [2.24, 2.45) is 0 Å². The topological polar surface area (TPSA) is 41.6 Å². The summed E-state index contributed by atoms with van der Waals surface area (Å²) in [5.74, 6) is 0. The van der Waals surface area contributed by atoms with Gasteiger partial charge in [0.25, 0.3) is 0 Å². The Balaban J connectivity index is 2.94. The minimum Gasteiger partial charge on any atom is -0.269 e. The van der Waals surface area contributed by atoms with E-state index in [-0.39, 0.29) is 0 Å². The van der Waals surface area contributed by atoms with E-state index in [2.05, 4.69) is 40.9 Å². The third kappa shape index (κ3) is 1.86. The lowest BCUT2D eigenvalue weighted by atomic mass is 10.3. The van der Waals surface area contributed by atoms with Gasteiger partial charge in [0, 0.05) is 12.2 Å². The largest absolute Gasteiger partial charge is 0.269 e. The molecule has 0 spiro atoms. The molecule has 0 aliphatic heterocycles. The van der Waals surface area contributed by atoms with Gasteiger partial charge in [-0.3, -0.25) is 4.68 Å². The Morgan fingerprint density at radius 3 is 2.83 bits per heavy atom. The van der Waals surface area contributed by atoms with Crippen LogP contribution in [0, 0.1) is 11.3 Å². The smallest absolute Gasteiger partial charge is 0.0907 e. The molecule has 12 heavy (non-hydrogen) atoms. The zero-order valence-electron chi connectivity index (χ0n) is 7.08. The number of nitriles is 1. The molecule has 0 radical (unpaired) electrons. The summed E-state index contributed by atoms with van der Waals surface area (Å²) in [6, 6.07) is 2.41. The quantitative estimate of drug-likeness (QED) is 0.779. The number of hydrogen-bond acceptors (Lipinski definition) is 2. The molecule has 0 aliphatic rings. The van der Waals surface area contributed by atoms with Gasteiger partial charge in [-0.1, -0.05) is 0 Å². The van der Waals surface area contributed by atoms with Gasteiger partial charge in [0.05, 0.1) is 22.7 Å². The van der Waals surface area contributed by atoms with Crippen LogP contribution >= 0.6 is 15.9 Å². The molecular formula is C8H10BrN3. The van der Waals surface area contributed by atoms with Gasteiger partial charge in [-0.15, -0.1) is 0 Å². The fraction of sp³-hybridized carbons (Fsp3) is 0.500. The second-order valence-corrected chi connectivity index (χ2v) is 3.69. The first kappa shape index (κ1) is 9.27. The Morgan fingerprint density at radius 1 is 1.75 bits per heavy atom. The standard InChI is InChI=1S/C8H10BrN3/c1-6(2)12-5-7(9)8(11-12)3-4-10/h5-6H,3H2,1-2H3.